The molecule has 19 heavy (non-hydrogen) atoms. The summed E-state index contributed by atoms with van der Waals surface area (Å²) in [6.07, 6.45) is 4.83. The lowest BCUT2D eigenvalue weighted by Gasteiger charge is -2.36. The molecular formula is C14H21N3O2. The number of aliphatic hydroxyl groups excluding tert-OH is 1. The fraction of sp³-hybridized carbons (Fsp3) is 0.500. The number of carbonyl (C=O) groups excluding carboxylic acids is 1. The monoisotopic (exact) mass is 263 g/mol. The SMILES string of the molecule is Nc1ccc(C(=O)NC2(CO)CCCCC2)c(N)c1. The summed E-state index contributed by atoms with van der Waals surface area (Å²) in [4.78, 5) is 12.3. The minimum Gasteiger partial charge on any atom is -0.399 e. The average molecular weight is 263 g/mol. The number of nitrogens with two attached hydrogens (primary N) is 2. The van der Waals surface area contributed by atoms with Gasteiger partial charge in [0.15, 0.2) is 0 Å². The smallest absolute Gasteiger partial charge is 0.253 e. The van der Waals surface area contributed by atoms with E-state index in [9.17, 15) is 9.90 Å². The Labute approximate surface area is 113 Å². The quantitative estimate of drug-likeness (QED) is 0.617. The highest BCUT2D eigenvalue weighted by Gasteiger charge is 2.33. The second kappa shape index (κ2) is 5.48. The molecule has 0 atom stereocenters. The molecule has 0 saturated heterocycles. The number of benzene rings is 1. The van der Waals surface area contributed by atoms with E-state index < -0.39 is 5.54 Å². The van der Waals surface area contributed by atoms with Gasteiger partial charge in [-0.1, -0.05) is 19.3 Å². The van der Waals surface area contributed by atoms with Gasteiger partial charge in [0.1, 0.15) is 0 Å². The fourth-order valence-electron chi connectivity index (χ4n) is 2.65. The number of aliphatic hydroxyl groups is 1. The van der Waals surface area contributed by atoms with E-state index in [0.29, 0.717) is 16.9 Å². The standard InChI is InChI=1S/C14H21N3O2/c15-10-4-5-11(12(16)8-10)13(19)17-14(9-18)6-2-1-3-7-14/h4-5,8,18H,1-3,6-7,9,15-16H2,(H,17,19). The minimum absolute atomic E-state index is 0.0341. The Morgan fingerprint density at radius 3 is 2.53 bits per heavy atom. The van der Waals surface area contributed by atoms with Crippen LogP contribution in [0.25, 0.3) is 0 Å². The van der Waals surface area contributed by atoms with Crippen molar-refractivity contribution < 1.29 is 9.90 Å². The first kappa shape index (κ1) is 13.7. The van der Waals surface area contributed by atoms with Crippen LogP contribution in [-0.4, -0.2) is 23.2 Å². The number of hydrogen-bond acceptors (Lipinski definition) is 4. The van der Waals surface area contributed by atoms with Crippen LogP contribution in [-0.2, 0) is 0 Å². The summed E-state index contributed by atoms with van der Waals surface area (Å²) >= 11 is 0. The van der Waals surface area contributed by atoms with Crippen LogP contribution in [0.15, 0.2) is 18.2 Å². The molecule has 1 amide bonds. The molecule has 0 bridgehead atoms. The lowest BCUT2D eigenvalue weighted by Crippen LogP contribution is -2.52. The summed E-state index contributed by atoms with van der Waals surface area (Å²) in [7, 11) is 0. The van der Waals surface area contributed by atoms with E-state index in [1.807, 2.05) is 0 Å². The molecule has 1 fully saturated rings. The fourth-order valence-corrected chi connectivity index (χ4v) is 2.65. The molecule has 1 aliphatic rings. The molecule has 0 aromatic heterocycles. The van der Waals surface area contributed by atoms with Gasteiger partial charge in [-0.2, -0.15) is 0 Å². The van der Waals surface area contributed by atoms with Gasteiger partial charge in [0.05, 0.1) is 17.7 Å². The van der Waals surface area contributed by atoms with Crippen molar-refractivity contribution in [3.63, 3.8) is 0 Å². The van der Waals surface area contributed by atoms with Crippen LogP contribution >= 0.6 is 0 Å². The van der Waals surface area contributed by atoms with Gasteiger partial charge in [-0.05, 0) is 31.0 Å². The van der Waals surface area contributed by atoms with Crippen molar-refractivity contribution >= 4 is 17.3 Å². The Morgan fingerprint density at radius 1 is 1.26 bits per heavy atom. The van der Waals surface area contributed by atoms with E-state index >= 15 is 0 Å². The van der Waals surface area contributed by atoms with E-state index in [2.05, 4.69) is 5.32 Å². The van der Waals surface area contributed by atoms with E-state index in [1.165, 1.54) is 0 Å². The second-order valence-electron chi connectivity index (χ2n) is 5.30. The lowest BCUT2D eigenvalue weighted by molar-refractivity contribution is 0.0759. The summed E-state index contributed by atoms with van der Waals surface area (Å²) < 4.78 is 0. The van der Waals surface area contributed by atoms with Crippen LogP contribution in [0.2, 0.25) is 0 Å². The van der Waals surface area contributed by atoms with E-state index in [1.54, 1.807) is 18.2 Å². The maximum Gasteiger partial charge on any atom is 0.253 e. The number of rotatable bonds is 3. The molecule has 1 aromatic rings. The third-order valence-corrected chi connectivity index (χ3v) is 3.81. The van der Waals surface area contributed by atoms with Crippen molar-refractivity contribution in [1.82, 2.24) is 5.32 Å². The van der Waals surface area contributed by atoms with E-state index in [-0.39, 0.29) is 12.5 Å². The molecule has 0 radical (unpaired) electrons. The third kappa shape index (κ3) is 2.98. The Hall–Kier alpha value is -1.75. The normalized spacial score (nSPS) is 17.9. The van der Waals surface area contributed by atoms with Crippen molar-refractivity contribution in [3.8, 4) is 0 Å². The molecule has 0 unspecified atom stereocenters. The molecule has 1 aliphatic carbocycles. The first-order valence-corrected chi connectivity index (χ1v) is 6.65. The van der Waals surface area contributed by atoms with Gasteiger partial charge in [-0.15, -0.1) is 0 Å². The van der Waals surface area contributed by atoms with Crippen molar-refractivity contribution in [2.75, 3.05) is 18.1 Å². The summed E-state index contributed by atoms with van der Waals surface area (Å²) in [5, 5.41) is 12.5. The molecule has 1 aromatic carbocycles. The van der Waals surface area contributed by atoms with Gasteiger partial charge >= 0.3 is 0 Å². The zero-order valence-corrected chi connectivity index (χ0v) is 11.0. The molecule has 0 heterocycles. The molecule has 5 heteroatoms. The van der Waals surface area contributed by atoms with Crippen molar-refractivity contribution in [2.24, 2.45) is 0 Å². The summed E-state index contributed by atoms with van der Waals surface area (Å²) in [6.45, 7) is -0.0341. The highest BCUT2D eigenvalue weighted by atomic mass is 16.3. The van der Waals surface area contributed by atoms with Crippen LogP contribution in [0.5, 0.6) is 0 Å². The molecule has 0 aliphatic heterocycles. The van der Waals surface area contributed by atoms with Crippen LogP contribution in [0.1, 0.15) is 42.5 Å². The Bertz CT molecular complexity index is 468. The van der Waals surface area contributed by atoms with Gasteiger partial charge in [0.25, 0.3) is 5.91 Å². The Kier molecular flexibility index (Phi) is 3.95. The molecule has 104 valence electrons. The predicted molar refractivity (Wildman–Crippen MR) is 75.6 cm³/mol. The van der Waals surface area contributed by atoms with Gasteiger partial charge in [0.2, 0.25) is 0 Å². The van der Waals surface area contributed by atoms with E-state index in [0.717, 1.165) is 32.1 Å². The van der Waals surface area contributed by atoms with Gasteiger partial charge in [-0.3, -0.25) is 4.79 Å². The maximum absolute atomic E-state index is 12.3. The van der Waals surface area contributed by atoms with Gasteiger partial charge in [-0.25, -0.2) is 0 Å². The molecule has 6 N–H and O–H groups in total. The summed E-state index contributed by atoms with van der Waals surface area (Å²) in [5.74, 6) is -0.242. The maximum atomic E-state index is 12.3. The van der Waals surface area contributed by atoms with Crippen LogP contribution in [0.3, 0.4) is 0 Å². The second-order valence-corrected chi connectivity index (χ2v) is 5.30. The number of nitrogen functional groups attached to an aromatic ring is 2. The summed E-state index contributed by atoms with van der Waals surface area (Å²) in [6, 6.07) is 4.84. The number of amides is 1. The van der Waals surface area contributed by atoms with E-state index in [4.69, 9.17) is 11.5 Å². The molecule has 0 spiro atoms. The topological polar surface area (TPSA) is 101 Å². The third-order valence-electron chi connectivity index (χ3n) is 3.81. The molecule has 5 nitrogen and oxygen atoms in total. The highest BCUT2D eigenvalue weighted by molar-refractivity contribution is 6.00. The number of hydrogen-bond donors (Lipinski definition) is 4. The largest absolute Gasteiger partial charge is 0.399 e. The Balaban J connectivity index is 2.15. The molecule has 2 rings (SSSR count). The number of nitrogens with one attached hydrogen (secondary N) is 1. The highest BCUT2D eigenvalue weighted by Crippen LogP contribution is 2.28. The lowest BCUT2D eigenvalue weighted by atomic mass is 9.82. The van der Waals surface area contributed by atoms with Crippen molar-refractivity contribution in [1.29, 1.82) is 0 Å². The molecular weight excluding hydrogens is 242 g/mol. The summed E-state index contributed by atoms with van der Waals surface area (Å²) in [5.41, 5.74) is 12.2. The number of anilines is 2. The predicted octanol–water partition coefficient (Wildman–Crippen LogP) is 1.28. The van der Waals surface area contributed by atoms with Crippen molar-refractivity contribution in [3.05, 3.63) is 23.8 Å². The zero-order chi connectivity index (χ0) is 13.9. The first-order chi connectivity index (χ1) is 9.06. The minimum atomic E-state index is -0.497. The zero-order valence-electron chi connectivity index (χ0n) is 11.0. The molecule has 1 saturated carbocycles. The average Bonchev–Trinajstić information content (AvgIpc) is 2.39. The number of carbonyl (C=O) groups is 1. The van der Waals surface area contributed by atoms with Crippen LogP contribution < -0.4 is 16.8 Å². The first-order valence-electron chi connectivity index (χ1n) is 6.65. The van der Waals surface area contributed by atoms with Crippen molar-refractivity contribution in [2.45, 2.75) is 37.6 Å². The van der Waals surface area contributed by atoms with Gasteiger partial charge in [0, 0.05) is 11.4 Å². The Morgan fingerprint density at radius 2 is 1.95 bits per heavy atom. The van der Waals surface area contributed by atoms with Gasteiger partial charge < -0.3 is 21.9 Å². The van der Waals surface area contributed by atoms with Crippen LogP contribution in [0, 0.1) is 0 Å². The van der Waals surface area contributed by atoms with Crippen LogP contribution in [0.4, 0.5) is 11.4 Å².